The average Bonchev–Trinajstić information content (AvgIpc) is 3.33. The van der Waals surface area contributed by atoms with Crippen molar-refractivity contribution < 1.29 is 14.3 Å². The molecular formula is C21H23N5O3S2. The molecule has 162 valence electrons. The molecular weight excluding hydrogens is 434 g/mol. The van der Waals surface area contributed by atoms with E-state index in [1.807, 2.05) is 35.8 Å². The van der Waals surface area contributed by atoms with Gasteiger partial charge < -0.3 is 10.1 Å². The van der Waals surface area contributed by atoms with E-state index in [-0.39, 0.29) is 24.1 Å². The molecule has 1 aromatic carbocycles. The summed E-state index contributed by atoms with van der Waals surface area (Å²) in [4.78, 5) is 28.2. The molecule has 0 fully saturated rings. The van der Waals surface area contributed by atoms with Gasteiger partial charge in [-0.15, -0.1) is 28.1 Å². The second-order valence-corrected chi connectivity index (χ2v) is 8.34. The average molecular weight is 458 g/mol. The zero-order valence-corrected chi connectivity index (χ0v) is 19.0. The van der Waals surface area contributed by atoms with Crippen molar-refractivity contribution >= 4 is 40.1 Å². The van der Waals surface area contributed by atoms with Crippen molar-refractivity contribution in [3.8, 4) is 11.4 Å². The third-order valence-electron chi connectivity index (χ3n) is 4.07. The molecule has 0 spiro atoms. The first-order valence-corrected chi connectivity index (χ1v) is 11.5. The van der Waals surface area contributed by atoms with Gasteiger partial charge in [0.05, 0.1) is 24.5 Å². The Labute approximate surface area is 188 Å². The third kappa shape index (κ3) is 6.25. The fraction of sp³-hybridized carbons (Fsp3) is 0.286. The van der Waals surface area contributed by atoms with Crippen molar-refractivity contribution in [2.45, 2.75) is 32.0 Å². The predicted octanol–water partition coefficient (Wildman–Crippen LogP) is 3.73. The van der Waals surface area contributed by atoms with Crippen LogP contribution < -0.4 is 5.32 Å². The summed E-state index contributed by atoms with van der Waals surface area (Å²) in [7, 11) is 0. The number of nitrogens with one attached hydrogen (secondary N) is 1. The fourth-order valence-corrected chi connectivity index (χ4v) is 4.25. The summed E-state index contributed by atoms with van der Waals surface area (Å²) in [5.41, 5.74) is 2.66. The number of anilines is 1. The number of ether oxygens (including phenoxy) is 1. The monoisotopic (exact) mass is 457 g/mol. The lowest BCUT2D eigenvalue weighted by molar-refractivity contribution is -0.142. The van der Waals surface area contributed by atoms with Crippen LogP contribution in [0.4, 0.5) is 5.13 Å². The molecule has 0 saturated heterocycles. The maximum Gasteiger partial charge on any atom is 0.311 e. The topological polar surface area (TPSA) is 99.0 Å². The number of carbonyl (C=O) groups excluding carboxylic acids is 2. The van der Waals surface area contributed by atoms with E-state index >= 15 is 0 Å². The molecule has 1 amide bonds. The van der Waals surface area contributed by atoms with Crippen LogP contribution in [0.25, 0.3) is 11.4 Å². The highest BCUT2D eigenvalue weighted by molar-refractivity contribution is 7.99. The molecule has 10 heteroatoms. The molecule has 0 aliphatic carbocycles. The molecule has 0 aliphatic heterocycles. The Morgan fingerprint density at radius 1 is 1.35 bits per heavy atom. The number of esters is 1. The van der Waals surface area contributed by atoms with Crippen molar-refractivity contribution in [3.05, 3.63) is 53.6 Å². The number of thioether (sulfide) groups is 1. The summed E-state index contributed by atoms with van der Waals surface area (Å²) < 4.78 is 6.84. The van der Waals surface area contributed by atoms with Gasteiger partial charge in [0.1, 0.15) is 0 Å². The van der Waals surface area contributed by atoms with Gasteiger partial charge in [-0.05, 0) is 19.9 Å². The van der Waals surface area contributed by atoms with Crippen molar-refractivity contribution in [2.24, 2.45) is 0 Å². The van der Waals surface area contributed by atoms with E-state index in [0.29, 0.717) is 29.1 Å². The number of aryl methyl sites for hydroxylation is 1. The number of nitrogens with zero attached hydrogens (tertiary/aromatic N) is 4. The SMILES string of the molecule is C=CCn1c(SCC(=O)Nc2nc(CC(=O)OCC)cs2)nnc1-c1cccc(C)c1. The Bertz CT molecular complexity index is 1080. The normalized spacial score (nSPS) is 10.6. The number of benzene rings is 1. The molecule has 2 heterocycles. The first-order valence-electron chi connectivity index (χ1n) is 9.64. The number of thiazole rings is 1. The minimum Gasteiger partial charge on any atom is -0.466 e. The molecule has 31 heavy (non-hydrogen) atoms. The standard InChI is InChI=1S/C21H23N5O3S2/c1-4-9-26-19(15-8-6-7-14(3)10-15)24-25-21(26)31-13-17(27)23-20-22-16(12-30-20)11-18(28)29-5-2/h4,6-8,10,12H,1,5,9,11,13H2,2-3H3,(H,22,23,27). The summed E-state index contributed by atoms with van der Waals surface area (Å²) in [6.07, 6.45) is 1.86. The number of rotatable bonds is 10. The zero-order chi connectivity index (χ0) is 22.2. The van der Waals surface area contributed by atoms with Crippen LogP contribution in [0.3, 0.4) is 0 Å². The van der Waals surface area contributed by atoms with Gasteiger partial charge in [-0.3, -0.25) is 14.2 Å². The van der Waals surface area contributed by atoms with Gasteiger partial charge in [0, 0.05) is 17.5 Å². The highest BCUT2D eigenvalue weighted by Crippen LogP contribution is 2.25. The van der Waals surface area contributed by atoms with Crippen molar-refractivity contribution in [1.82, 2.24) is 19.7 Å². The van der Waals surface area contributed by atoms with Crippen LogP contribution in [0.5, 0.6) is 0 Å². The maximum atomic E-state index is 12.4. The lowest BCUT2D eigenvalue weighted by Gasteiger charge is -2.08. The van der Waals surface area contributed by atoms with Gasteiger partial charge in [-0.25, -0.2) is 4.98 Å². The highest BCUT2D eigenvalue weighted by Gasteiger charge is 2.16. The third-order valence-corrected chi connectivity index (χ3v) is 5.84. The van der Waals surface area contributed by atoms with Crippen molar-refractivity contribution in [3.63, 3.8) is 0 Å². The number of amides is 1. The molecule has 0 saturated carbocycles. The molecule has 1 N–H and O–H groups in total. The van der Waals surface area contributed by atoms with Gasteiger partial charge in [-0.2, -0.15) is 0 Å². The Balaban J connectivity index is 1.62. The summed E-state index contributed by atoms with van der Waals surface area (Å²) in [5, 5.41) is 14.1. The van der Waals surface area contributed by atoms with Gasteiger partial charge >= 0.3 is 5.97 Å². The zero-order valence-electron chi connectivity index (χ0n) is 17.3. The van der Waals surface area contributed by atoms with Crippen LogP contribution in [0.1, 0.15) is 18.2 Å². The lowest BCUT2D eigenvalue weighted by Crippen LogP contribution is -2.15. The van der Waals surface area contributed by atoms with Crippen LogP contribution >= 0.6 is 23.1 Å². The second-order valence-electron chi connectivity index (χ2n) is 6.54. The van der Waals surface area contributed by atoms with E-state index in [2.05, 4.69) is 27.1 Å². The van der Waals surface area contributed by atoms with Crippen LogP contribution in [-0.2, 0) is 27.3 Å². The molecule has 0 atom stereocenters. The summed E-state index contributed by atoms with van der Waals surface area (Å²) in [5.74, 6) is 0.324. The smallest absolute Gasteiger partial charge is 0.311 e. The Hall–Kier alpha value is -2.98. The minimum atomic E-state index is -0.341. The largest absolute Gasteiger partial charge is 0.466 e. The van der Waals surface area contributed by atoms with Crippen molar-refractivity contribution in [1.29, 1.82) is 0 Å². The highest BCUT2D eigenvalue weighted by atomic mass is 32.2. The molecule has 0 radical (unpaired) electrons. The van der Waals surface area contributed by atoms with Crippen LogP contribution in [0.15, 0.2) is 47.5 Å². The first-order chi connectivity index (χ1) is 15.0. The van der Waals surface area contributed by atoms with Crippen molar-refractivity contribution in [2.75, 3.05) is 17.7 Å². The summed E-state index contributed by atoms with van der Waals surface area (Å²) in [6.45, 7) is 8.44. The number of carbonyl (C=O) groups is 2. The number of aromatic nitrogens is 4. The molecule has 0 bridgehead atoms. The number of allylic oxidation sites excluding steroid dienone is 1. The van der Waals surface area contributed by atoms with E-state index in [1.165, 1.54) is 23.1 Å². The van der Waals surface area contributed by atoms with E-state index < -0.39 is 0 Å². The van der Waals surface area contributed by atoms with Gasteiger partial charge in [0.2, 0.25) is 5.91 Å². The summed E-state index contributed by atoms with van der Waals surface area (Å²) in [6, 6.07) is 8.02. The van der Waals surface area contributed by atoms with Gasteiger partial charge in [0.25, 0.3) is 0 Å². The van der Waals surface area contributed by atoms with E-state index in [9.17, 15) is 9.59 Å². The minimum absolute atomic E-state index is 0.0847. The van der Waals surface area contributed by atoms with E-state index in [0.717, 1.165) is 17.0 Å². The van der Waals surface area contributed by atoms with Crippen LogP contribution in [0.2, 0.25) is 0 Å². The molecule has 8 nitrogen and oxygen atoms in total. The van der Waals surface area contributed by atoms with Gasteiger partial charge in [0.15, 0.2) is 16.1 Å². The summed E-state index contributed by atoms with van der Waals surface area (Å²) >= 11 is 2.56. The molecule has 0 unspecified atom stereocenters. The second kappa shape index (κ2) is 10.9. The van der Waals surface area contributed by atoms with Crippen LogP contribution in [-0.4, -0.2) is 44.0 Å². The van der Waals surface area contributed by atoms with E-state index in [4.69, 9.17) is 4.74 Å². The first kappa shape index (κ1) is 22.7. The number of hydrogen-bond acceptors (Lipinski definition) is 8. The Kier molecular flexibility index (Phi) is 7.96. The molecule has 3 aromatic rings. The number of hydrogen-bond donors (Lipinski definition) is 1. The van der Waals surface area contributed by atoms with E-state index in [1.54, 1.807) is 18.4 Å². The predicted molar refractivity (Wildman–Crippen MR) is 122 cm³/mol. The lowest BCUT2D eigenvalue weighted by atomic mass is 10.1. The molecule has 0 aliphatic rings. The fourth-order valence-electron chi connectivity index (χ4n) is 2.78. The van der Waals surface area contributed by atoms with Gasteiger partial charge in [-0.1, -0.05) is 41.6 Å². The Morgan fingerprint density at radius 2 is 2.19 bits per heavy atom. The molecule has 3 rings (SSSR count). The Morgan fingerprint density at radius 3 is 2.94 bits per heavy atom. The molecule has 2 aromatic heterocycles. The maximum absolute atomic E-state index is 12.4. The quantitative estimate of drug-likeness (QED) is 0.281. The van der Waals surface area contributed by atoms with Crippen LogP contribution in [0, 0.1) is 6.92 Å².